The van der Waals surface area contributed by atoms with Crippen LogP contribution in [0.15, 0.2) is 126 Å². The predicted molar refractivity (Wildman–Crippen MR) is 155 cm³/mol. The lowest BCUT2D eigenvalue weighted by Crippen LogP contribution is -2.42. The Morgan fingerprint density at radius 2 is 1.13 bits per heavy atom. The Labute approximate surface area is 233 Å². The maximum atomic E-state index is 11.3. The van der Waals surface area contributed by atoms with Crippen molar-refractivity contribution >= 4 is 22.0 Å². The normalized spacial score (nSPS) is 13.8. The lowest BCUT2D eigenvalue weighted by Gasteiger charge is -2.29. The second-order valence-electron chi connectivity index (χ2n) is 9.00. The molecule has 38 heavy (non-hydrogen) atoms. The third-order valence-electron chi connectivity index (χ3n) is 6.02. The van der Waals surface area contributed by atoms with Crippen molar-refractivity contribution in [1.29, 1.82) is 0 Å². The lowest BCUT2D eigenvalue weighted by atomic mass is 10.1. The zero-order valence-electron chi connectivity index (χ0n) is 21.2. The maximum Gasteiger partial charge on any atom is 0.116 e. The van der Waals surface area contributed by atoms with Gasteiger partial charge in [0.2, 0.25) is 0 Å². The Hall–Kier alpha value is -3.06. The molecule has 0 aliphatic carbocycles. The summed E-state index contributed by atoms with van der Waals surface area (Å²) in [4.78, 5) is 0. The van der Waals surface area contributed by atoms with E-state index in [9.17, 15) is 5.11 Å². The van der Waals surface area contributed by atoms with E-state index in [4.69, 9.17) is 14.2 Å². The molecule has 3 atom stereocenters. The highest BCUT2D eigenvalue weighted by atomic mass is 79.9. The Bertz CT molecular complexity index is 1210. The highest BCUT2D eigenvalue weighted by molar-refractivity contribution is 9.10. The maximum absolute atomic E-state index is 11.3. The van der Waals surface area contributed by atoms with Crippen molar-refractivity contribution in [3.8, 4) is 0 Å². The molecule has 1 N–H and O–H groups in total. The smallest absolute Gasteiger partial charge is 0.116 e. The molecule has 0 aromatic heterocycles. The largest absolute Gasteiger partial charge is 0.388 e. The summed E-state index contributed by atoms with van der Waals surface area (Å²) in [5.41, 5.74) is 4.14. The molecule has 0 saturated carbocycles. The van der Waals surface area contributed by atoms with Gasteiger partial charge in [-0.15, -0.1) is 0 Å². The van der Waals surface area contributed by atoms with E-state index >= 15 is 0 Å². The fraction of sp³-hybridized carbons (Fsp3) is 0.212. The molecule has 4 aromatic rings. The zero-order chi connectivity index (χ0) is 26.4. The highest BCUT2D eigenvalue weighted by Crippen LogP contribution is 2.19. The summed E-state index contributed by atoms with van der Waals surface area (Å²) in [6.45, 7) is 1.26. The van der Waals surface area contributed by atoms with E-state index in [0.717, 1.165) is 26.7 Å². The molecule has 196 valence electrons. The lowest BCUT2D eigenvalue weighted by molar-refractivity contribution is -0.133. The van der Waals surface area contributed by atoms with Crippen LogP contribution in [-0.4, -0.2) is 30.0 Å². The van der Waals surface area contributed by atoms with Crippen LogP contribution in [0, 0.1) is 0 Å². The molecule has 0 bridgehead atoms. The van der Waals surface area contributed by atoms with Crippen LogP contribution in [-0.2, 0) is 34.0 Å². The van der Waals surface area contributed by atoms with Crippen molar-refractivity contribution in [3.63, 3.8) is 0 Å². The first-order valence-electron chi connectivity index (χ1n) is 12.7. The second-order valence-corrected chi connectivity index (χ2v) is 9.92. The van der Waals surface area contributed by atoms with Gasteiger partial charge in [-0.2, -0.15) is 0 Å². The number of benzene rings is 4. The van der Waals surface area contributed by atoms with Crippen LogP contribution in [0.25, 0.3) is 6.08 Å². The van der Waals surface area contributed by atoms with Crippen LogP contribution in [0.4, 0.5) is 0 Å². The topological polar surface area (TPSA) is 47.9 Å². The van der Waals surface area contributed by atoms with Gasteiger partial charge in [0.05, 0.1) is 26.4 Å². The number of aliphatic hydroxyl groups excluding tert-OH is 1. The first-order chi connectivity index (χ1) is 18.7. The molecule has 0 saturated heterocycles. The van der Waals surface area contributed by atoms with Crippen LogP contribution >= 0.6 is 15.9 Å². The van der Waals surface area contributed by atoms with Gasteiger partial charge in [0.1, 0.15) is 18.3 Å². The van der Waals surface area contributed by atoms with Gasteiger partial charge in [0, 0.05) is 4.47 Å². The molecule has 0 radical (unpaired) electrons. The Kier molecular flexibility index (Phi) is 11.3. The van der Waals surface area contributed by atoms with E-state index in [2.05, 4.69) is 15.9 Å². The van der Waals surface area contributed by atoms with Crippen molar-refractivity contribution in [2.75, 3.05) is 6.61 Å². The second kappa shape index (κ2) is 15.4. The molecule has 4 rings (SSSR count). The van der Waals surface area contributed by atoms with E-state index in [1.165, 1.54) is 0 Å². The molecule has 4 aromatic carbocycles. The number of hydrogen-bond donors (Lipinski definition) is 1. The van der Waals surface area contributed by atoms with E-state index < -0.39 is 18.3 Å². The molecule has 5 heteroatoms. The minimum absolute atomic E-state index is 0.117. The fourth-order valence-corrected chi connectivity index (χ4v) is 4.23. The van der Waals surface area contributed by atoms with Crippen LogP contribution in [0.5, 0.6) is 0 Å². The number of rotatable bonds is 14. The number of halogens is 1. The summed E-state index contributed by atoms with van der Waals surface area (Å²) >= 11 is 3.49. The van der Waals surface area contributed by atoms with Gasteiger partial charge >= 0.3 is 0 Å². The standard InChI is InChI=1S/C33H33BrO4/c34-30-19-16-26(17-20-30)18-21-32(37-23-28-12-6-2-7-13-28)33(38-24-29-14-8-3-9-15-29)31(35)25-36-22-27-10-4-1-5-11-27/h1-21,31-33,35H,22-25H2/b21-18+/t31-,32-,33-/m1/s1. The van der Waals surface area contributed by atoms with Crippen molar-refractivity contribution in [2.24, 2.45) is 0 Å². The first kappa shape index (κ1) is 28.0. The monoisotopic (exact) mass is 572 g/mol. The van der Waals surface area contributed by atoms with E-state index in [-0.39, 0.29) is 6.61 Å². The summed E-state index contributed by atoms with van der Waals surface area (Å²) in [5.74, 6) is 0. The minimum atomic E-state index is -0.905. The Morgan fingerprint density at radius 3 is 1.68 bits per heavy atom. The van der Waals surface area contributed by atoms with E-state index in [0.29, 0.717) is 19.8 Å². The van der Waals surface area contributed by atoms with Crippen molar-refractivity contribution in [1.82, 2.24) is 0 Å². The molecular formula is C33H33BrO4. The first-order valence-corrected chi connectivity index (χ1v) is 13.5. The number of hydrogen-bond acceptors (Lipinski definition) is 4. The Morgan fingerprint density at radius 1 is 0.632 bits per heavy atom. The summed E-state index contributed by atoms with van der Waals surface area (Å²) < 4.78 is 19.6. The van der Waals surface area contributed by atoms with Gasteiger partial charge in [-0.3, -0.25) is 0 Å². The third-order valence-corrected chi connectivity index (χ3v) is 6.55. The van der Waals surface area contributed by atoms with Crippen LogP contribution in [0.3, 0.4) is 0 Å². The molecule has 0 fully saturated rings. The zero-order valence-corrected chi connectivity index (χ0v) is 22.8. The highest BCUT2D eigenvalue weighted by Gasteiger charge is 2.29. The van der Waals surface area contributed by atoms with Crippen molar-refractivity contribution in [3.05, 3.63) is 148 Å². The molecule has 0 spiro atoms. The van der Waals surface area contributed by atoms with Gasteiger partial charge in [-0.1, -0.05) is 131 Å². The van der Waals surface area contributed by atoms with Gasteiger partial charge in [0.25, 0.3) is 0 Å². The summed E-state index contributed by atoms with van der Waals surface area (Å²) in [6.07, 6.45) is 1.89. The summed E-state index contributed by atoms with van der Waals surface area (Å²) in [7, 11) is 0. The van der Waals surface area contributed by atoms with Gasteiger partial charge < -0.3 is 19.3 Å². The van der Waals surface area contributed by atoms with Crippen LogP contribution in [0.1, 0.15) is 22.3 Å². The molecule has 0 heterocycles. The fourth-order valence-electron chi connectivity index (χ4n) is 3.96. The quantitative estimate of drug-likeness (QED) is 0.173. The predicted octanol–water partition coefficient (Wildman–Crippen LogP) is 7.21. The van der Waals surface area contributed by atoms with Crippen molar-refractivity contribution in [2.45, 2.75) is 38.1 Å². The SMILES string of the molecule is O[C@H](COCc1ccccc1)[C@@H](OCc1ccccc1)[C@@H](/C=C/c1ccc(Br)cc1)OCc1ccccc1. The van der Waals surface area contributed by atoms with Crippen LogP contribution in [0.2, 0.25) is 0 Å². The van der Waals surface area contributed by atoms with Gasteiger partial charge in [-0.25, -0.2) is 0 Å². The average molecular weight is 574 g/mol. The molecule has 0 unspecified atom stereocenters. The molecule has 4 nitrogen and oxygen atoms in total. The molecular weight excluding hydrogens is 540 g/mol. The average Bonchev–Trinajstić information content (AvgIpc) is 2.96. The number of ether oxygens (including phenoxy) is 3. The molecule has 0 aliphatic heterocycles. The summed E-state index contributed by atoms with van der Waals surface area (Å²) in [5, 5.41) is 11.3. The minimum Gasteiger partial charge on any atom is -0.388 e. The van der Waals surface area contributed by atoms with E-state index in [1.54, 1.807) is 0 Å². The molecule has 0 amide bonds. The Balaban J connectivity index is 1.52. The third kappa shape index (κ3) is 9.35. The van der Waals surface area contributed by atoms with Gasteiger partial charge in [0.15, 0.2) is 0 Å². The van der Waals surface area contributed by atoms with Gasteiger partial charge in [-0.05, 0) is 34.4 Å². The molecule has 0 aliphatic rings. The van der Waals surface area contributed by atoms with Crippen LogP contribution < -0.4 is 0 Å². The number of aliphatic hydroxyl groups is 1. The van der Waals surface area contributed by atoms with Crippen molar-refractivity contribution < 1.29 is 19.3 Å². The van der Waals surface area contributed by atoms with E-state index in [1.807, 2.05) is 127 Å². The summed E-state index contributed by atoms with van der Waals surface area (Å²) in [6, 6.07) is 37.9.